The molecular weight excluding hydrogens is 238 g/mol. The Morgan fingerprint density at radius 1 is 1.33 bits per heavy atom. The lowest BCUT2D eigenvalue weighted by Crippen LogP contribution is -2.30. The second-order valence-corrected chi connectivity index (χ2v) is 4.10. The summed E-state index contributed by atoms with van der Waals surface area (Å²) in [6.45, 7) is 1.95. The number of benzene rings is 1. The van der Waals surface area contributed by atoms with Crippen molar-refractivity contribution in [2.45, 2.75) is 6.42 Å². The van der Waals surface area contributed by atoms with E-state index in [1.54, 1.807) is 0 Å². The van der Waals surface area contributed by atoms with Crippen LogP contribution in [0.2, 0.25) is 0 Å². The molecule has 1 aliphatic heterocycles. The number of carbonyl (C=O) groups is 1. The molecule has 0 aromatic heterocycles. The van der Waals surface area contributed by atoms with Gasteiger partial charge < -0.3 is 10.6 Å². The van der Waals surface area contributed by atoms with E-state index in [1.165, 1.54) is 6.07 Å². The number of hydrogen-bond acceptors (Lipinski definition) is 2. The van der Waals surface area contributed by atoms with E-state index in [4.69, 9.17) is 0 Å². The minimum absolute atomic E-state index is 0.328. The van der Waals surface area contributed by atoms with E-state index < -0.39 is 23.1 Å². The van der Waals surface area contributed by atoms with E-state index in [0.29, 0.717) is 6.54 Å². The van der Waals surface area contributed by atoms with Gasteiger partial charge in [0, 0.05) is 13.1 Å². The predicted molar refractivity (Wildman–Crippen MR) is 64.3 cm³/mol. The quantitative estimate of drug-likeness (QED) is 0.802. The smallest absolute Gasteiger partial charge is 0.257 e. The maximum atomic E-state index is 13.3. The van der Waals surface area contributed by atoms with Crippen LogP contribution in [0, 0.1) is 11.6 Å². The summed E-state index contributed by atoms with van der Waals surface area (Å²) in [7, 11) is 0. The summed E-state index contributed by atoms with van der Waals surface area (Å²) in [5, 5.41) is 5.68. The topological polar surface area (TPSA) is 41.1 Å². The number of rotatable bonds is 3. The van der Waals surface area contributed by atoms with Gasteiger partial charge in [-0.25, -0.2) is 8.78 Å². The fourth-order valence-corrected chi connectivity index (χ4v) is 1.83. The van der Waals surface area contributed by atoms with Gasteiger partial charge in [0.1, 0.15) is 17.2 Å². The molecular formula is C13H14F2N2O. The van der Waals surface area contributed by atoms with Crippen LogP contribution in [0.3, 0.4) is 0 Å². The van der Waals surface area contributed by atoms with E-state index >= 15 is 0 Å². The SMILES string of the molecule is O=C(NCC1=CCNCC1)c1c(F)cccc1F. The molecule has 0 bridgehead atoms. The van der Waals surface area contributed by atoms with Crippen molar-refractivity contribution in [2.24, 2.45) is 0 Å². The van der Waals surface area contributed by atoms with Crippen molar-refractivity contribution in [3.63, 3.8) is 0 Å². The summed E-state index contributed by atoms with van der Waals surface area (Å²) >= 11 is 0. The molecule has 1 aromatic rings. The summed E-state index contributed by atoms with van der Waals surface area (Å²) in [4.78, 5) is 11.7. The van der Waals surface area contributed by atoms with Gasteiger partial charge in [0.25, 0.3) is 5.91 Å². The monoisotopic (exact) mass is 252 g/mol. The molecule has 1 aliphatic rings. The molecule has 1 amide bonds. The maximum absolute atomic E-state index is 13.3. The van der Waals surface area contributed by atoms with Gasteiger partial charge >= 0.3 is 0 Å². The first-order chi connectivity index (χ1) is 8.68. The largest absolute Gasteiger partial charge is 0.348 e. The molecule has 0 atom stereocenters. The van der Waals surface area contributed by atoms with Gasteiger partial charge in [-0.15, -0.1) is 0 Å². The van der Waals surface area contributed by atoms with Gasteiger partial charge in [-0.1, -0.05) is 17.7 Å². The Balaban J connectivity index is 2.01. The van der Waals surface area contributed by atoms with Crippen LogP contribution in [0.15, 0.2) is 29.8 Å². The molecule has 3 nitrogen and oxygen atoms in total. The van der Waals surface area contributed by atoms with Crippen molar-refractivity contribution in [3.8, 4) is 0 Å². The molecule has 0 spiro atoms. The van der Waals surface area contributed by atoms with Crippen molar-refractivity contribution < 1.29 is 13.6 Å². The Bertz CT molecular complexity index is 466. The zero-order valence-corrected chi connectivity index (χ0v) is 9.80. The average Bonchev–Trinajstić information content (AvgIpc) is 2.37. The van der Waals surface area contributed by atoms with Crippen molar-refractivity contribution >= 4 is 5.91 Å². The van der Waals surface area contributed by atoms with Crippen molar-refractivity contribution in [1.29, 1.82) is 0 Å². The summed E-state index contributed by atoms with van der Waals surface area (Å²) in [5.41, 5.74) is 0.547. The Hall–Kier alpha value is -1.75. The third-order valence-corrected chi connectivity index (χ3v) is 2.82. The molecule has 0 fully saturated rings. The fraction of sp³-hybridized carbons (Fsp3) is 0.308. The molecule has 0 radical (unpaired) electrons. The Morgan fingerprint density at radius 2 is 2.06 bits per heavy atom. The summed E-state index contributed by atoms with van der Waals surface area (Å²) in [5.74, 6) is -2.40. The van der Waals surface area contributed by atoms with Gasteiger partial charge in [-0.3, -0.25) is 4.79 Å². The van der Waals surface area contributed by atoms with E-state index in [0.717, 1.165) is 37.2 Å². The summed E-state index contributed by atoms with van der Waals surface area (Å²) in [6, 6.07) is 3.38. The van der Waals surface area contributed by atoms with Gasteiger partial charge in [-0.05, 0) is 25.1 Å². The highest BCUT2D eigenvalue weighted by atomic mass is 19.1. The highest BCUT2D eigenvalue weighted by Crippen LogP contribution is 2.12. The van der Waals surface area contributed by atoms with E-state index in [2.05, 4.69) is 10.6 Å². The number of amides is 1. The standard InChI is InChI=1S/C13H14F2N2O/c14-10-2-1-3-11(15)12(10)13(18)17-8-9-4-6-16-7-5-9/h1-4,16H,5-8H2,(H,17,18). The maximum Gasteiger partial charge on any atom is 0.257 e. The molecule has 0 aliphatic carbocycles. The zero-order chi connectivity index (χ0) is 13.0. The normalized spacial score (nSPS) is 15.1. The van der Waals surface area contributed by atoms with Crippen LogP contribution in [0.25, 0.3) is 0 Å². The molecule has 18 heavy (non-hydrogen) atoms. The summed E-state index contributed by atoms with van der Waals surface area (Å²) < 4.78 is 26.7. The third kappa shape index (κ3) is 2.92. The second kappa shape index (κ2) is 5.73. The first-order valence-corrected chi connectivity index (χ1v) is 5.79. The van der Waals surface area contributed by atoms with E-state index in [-0.39, 0.29) is 0 Å². The first kappa shape index (κ1) is 12.7. The van der Waals surface area contributed by atoms with Crippen LogP contribution in [-0.4, -0.2) is 25.5 Å². The van der Waals surface area contributed by atoms with Gasteiger partial charge in [0.2, 0.25) is 0 Å². The molecule has 1 heterocycles. The fourth-order valence-electron chi connectivity index (χ4n) is 1.83. The Kier molecular flexibility index (Phi) is 4.04. The van der Waals surface area contributed by atoms with Gasteiger partial charge in [-0.2, -0.15) is 0 Å². The first-order valence-electron chi connectivity index (χ1n) is 5.79. The molecule has 1 aromatic carbocycles. The van der Waals surface area contributed by atoms with Gasteiger partial charge in [0.15, 0.2) is 0 Å². The summed E-state index contributed by atoms with van der Waals surface area (Å²) in [6.07, 6.45) is 2.81. The molecule has 0 unspecified atom stereocenters. The molecule has 96 valence electrons. The van der Waals surface area contributed by atoms with Crippen LogP contribution in [0.5, 0.6) is 0 Å². The predicted octanol–water partition coefficient (Wildman–Crippen LogP) is 1.61. The van der Waals surface area contributed by atoms with Crippen molar-refractivity contribution in [3.05, 3.63) is 47.0 Å². The minimum atomic E-state index is -0.841. The van der Waals surface area contributed by atoms with Crippen LogP contribution in [-0.2, 0) is 0 Å². The number of hydrogen-bond donors (Lipinski definition) is 2. The van der Waals surface area contributed by atoms with Gasteiger partial charge in [0.05, 0.1) is 0 Å². The Morgan fingerprint density at radius 3 is 2.67 bits per heavy atom. The zero-order valence-electron chi connectivity index (χ0n) is 9.80. The third-order valence-electron chi connectivity index (χ3n) is 2.82. The number of carbonyl (C=O) groups excluding carboxylic acids is 1. The van der Waals surface area contributed by atoms with Crippen LogP contribution < -0.4 is 10.6 Å². The van der Waals surface area contributed by atoms with Crippen molar-refractivity contribution in [2.75, 3.05) is 19.6 Å². The molecule has 2 N–H and O–H groups in total. The number of halogens is 2. The van der Waals surface area contributed by atoms with Crippen LogP contribution in [0.1, 0.15) is 16.8 Å². The van der Waals surface area contributed by atoms with E-state index in [1.807, 2.05) is 6.08 Å². The van der Waals surface area contributed by atoms with Crippen LogP contribution >= 0.6 is 0 Å². The minimum Gasteiger partial charge on any atom is -0.348 e. The second-order valence-electron chi connectivity index (χ2n) is 4.10. The lowest BCUT2D eigenvalue weighted by Gasteiger charge is -2.14. The molecule has 0 saturated carbocycles. The Labute approximate surface area is 104 Å². The lowest BCUT2D eigenvalue weighted by atomic mass is 10.1. The number of nitrogens with one attached hydrogen (secondary N) is 2. The average molecular weight is 252 g/mol. The van der Waals surface area contributed by atoms with Crippen LogP contribution in [0.4, 0.5) is 8.78 Å². The lowest BCUT2D eigenvalue weighted by molar-refractivity contribution is 0.0948. The highest BCUT2D eigenvalue weighted by Gasteiger charge is 2.16. The highest BCUT2D eigenvalue weighted by molar-refractivity contribution is 5.94. The van der Waals surface area contributed by atoms with E-state index in [9.17, 15) is 13.6 Å². The molecule has 2 rings (SSSR count). The molecule has 5 heteroatoms. The van der Waals surface area contributed by atoms with Crippen molar-refractivity contribution in [1.82, 2.24) is 10.6 Å². The molecule has 0 saturated heterocycles.